The summed E-state index contributed by atoms with van der Waals surface area (Å²) in [6.07, 6.45) is 1.58. The number of nitrogens with two attached hydrogens (primary N) is 1. The molecule has 1 aromatic carbocycles. The van der Waals surface area contributed by atoms with Crippen molar-refractivity contribution in [2.75, 3.05) is 13.1 Å². The second-order valence-electron chi connectivity index (χ2n) is 5.42. The van der Waals surface area contributed by atoms with Gasteiger partial charge in [0.1, 0.15) is 4.90 Å². The van der Waals surface area contributed by atoms with Crippen molar-refractivity contribution >= 4 is 21.6 Å². The van der Waals surface area contributed by atoms with E-state index in [-0.39, 0.29) is 21.9 Å². The van der Waals surface area contributed by atoms with Gasteiger partial charge in [-0.05, 0) is 37.0 Å². The summed E-state index contributed by atoms with van der Waals surface area (Å²) in [5.41, 5.74) is 6.98. The zero-order chi connectivity index (χ0) is 14.9. The summed E-state index contributed by atoms with van der Waals surface area (Å²) in [6, 6.07) is 5.12. The van der Waals surface area contributed by atoms with E-state index in [9.17, 15) is 8.42 Å². The Morgan fingerprint density at radius 1 is 1.45 bits per heavy atom. The van der Waals surface area contributed by atoms with Crippen molar-refractivity contribution in [2.45, 2.75) is 37.6 Å². The fourth-order valence-electron chi connectivity index (χ4n) is 2.62. The van der Waals surface area contributed by atoms with E-state index in [1.165, 1.54) is 4.31 Å². The number of sulfonamides is 1. The summed E-state index contributed by atoms with van der Waals surface area (Å²) in [5, 5.41) is 0.285. The van der Waals surface area contributed by atoms with Crippen LogP contribution in [0.25, 0.3) is 0 Å². The molecule has 1 aromatic rings. The lowest BCUT2D eigenvalue weighted by atomic mass is 9.92. The number of hydrogen-bond donors (Lipinski definition) is 1. The Morgan fingerprint density at radius 2 is 2.15 bits per heavy atom. The molecule has 2 N–H and O–H groups in total. The lowest BCUT2D eigenvalue weighted by Gasteiger charge is -2.35. The molecule has 0 aromatic heterocycles. The van der Waals surface area contributed by atoms with E-state index in [0.717, 1.165) is 12.0 Å². The van der Waals surface area contributed by atoms with Gasteiger partial charge in [-0.1, -0.05) is 31.0 Å². The maximum Gasteiger partial charge on any atom is 0.244 e. The molecule has 0 radical (unpaired) electrons. The number of halogens is 1. The van der Waals surface area contributed by atoms with Crippen LogP contribution in [0.5, 0.6) is 0 Å². The first kappa shape index (κ1) is 15.8. The predicted octanol–water partition coefficient (Wildman–Crippen LogP) is 2.40. The van der Waals surface area contributed by atoms with Gasteiger partial charge in [0.05, 0.1) is 5.02 Å². The molecule has 2 unspecified atom stereocenters. The van der Waals surface area contributed by atoms with Crippen molar-refractivity contribution in [1.29, 1.82) is 0 Å². The number of nitrogens with zero attached hydrogens (tertiary/aromatic N) is 1. The van der Waals surface area contributed by atoms with E-state index in [4.69, 9.17) is 17.3 Å². The average Bonchev–Trinajstić information content (AvgIpc) is 2.38. The molecule has 0 spiro atoms. The third kappa shape index (κ3) is 3.01. The maximum atomic E-state index is 12.7. The van der Waals surface area contributed by atoms with Crippen molar-refractivity contribution in [1.82, 2.24) is 4.31 Å². The molecular formula is C14H21ClN2O2S. The topological polar surface area (TPSA) is 63.4 Å². The molecule has 112 valence electrons. The summed E-state index contributed by atoms with van der Waals surface area (Å²) in [5.74, 6) is 0.211. The van der Waals surface area contributed by atoms with Crippen LogP contribution in [-0.4, -0.2) is 31.9 Å². The number of rotatable bonds is 3. The molecule has 20 heavy (non-hydrogen) atoms. The summed E-state index contributed by atoms with van der Waals surface area (Å²) in [7, 11) is -3.53. The van der Waals surface area contributed by atoms with E-state index in [1.54, 1.807) is 18.2 Å². The largest absolute Gasteiger partial charge is 0.327 e. The molecule has 0 aliphatic carbocycles. The molecule has 1 aliphatic heterocycles. The van der Waals surface area contributed by atoms with Gasteiger partial charge in [-0.2, -0.15) is 4.31 Å². The first-order valence-electron chi connectivity index (χ1n) is 6.88. The molecule has 1 heterocycles. The molecule has 1 saturated heterocycles. The van der Waals surface area contributed by atoms with Gasteiger partial charge in [-0.3, -0.25) is 0 Å². The van der Waals surface area contributed by atoms with Crippen LogP contribution in [-0.2, 0) is 10.0 Å². The summed E-state index contributed by atoms with van der Waals surface area (Å²) in [4.78, 5) is 0.190. The van der Waals surface area contributed by atoms with E-state index in [0.29, 0.717) is 19.5 Å². The molecule has 0 bridgehead atoms. The first-order chi connectivity index (χ1) is 9.36. The SMILES string of the molecule is CCC1CN(S(=O)(=O)c2ccc(C)cc2Cl)CCC1N. The molecular weight excluding hydrogens is 296 g/mol. The Hall–Kier alpha value is -0.620. The minimum atomic E-state index is -3.53. The van der Waals surface area contributed by atoms with E-state index < -0.39 is 10.0 Å². The normalized spacial score (nSPS) is 24.8. The fourth-order valence-corrected chi connectivity index (χ4v) is 4.71. The number of aryl methyl sites for hydroxylation is 1. The van der Waals surface area contributed by atoms with Gasteiger partial charge in [0.2, 0.25) is 10.0 Å². The van der Waals surface area contributed by atoms with Gasteiger partial charge < -0.3 is 5.73 Å². The average molecular weight is 317 g/mol. The third-order valence-electron chi connectivity index (χ3n) is 3.99. The van der Waals surface area contributed by atoms with Crippen molar-refractivity contribution in [3.8, 4) is 0 Å². The highest BCUT2D eigenvalue weighted by atomic mass is 35.5. The zero-order valence-electron chi connectivity index (χ0n) is 11.8. The van der Waals surface area contributed by atoms with Crippen LogP contribution in [0.4, 0.5) is 0 Å². The predicted molar refractivity (Wildman–Crippen MR) is 81.3 cm³/mol. The maximum absolute atomic E-state index is 12.7. The monoisotopic (exact) mass is 316 g/mol. The van der Waals surface area contributed by atoms with Crippen LogP contribution in [0.15, 0.2) is 23.1 Å². The van der Waals surface area contributed by atoms with Gasteiger partial charge in [-0.25, -0.2) is 8.42 Å². The van der Waals surface area contributed by atoms with E-state index >= 15 is 0 Å². The van der Waals surface area contributed by atoms with Crippen molar-refractivity contribution in [3.05, 3.63) is 28.8 Å². The minimum absolute atomic E-state index is 0.0833. The fraction of sp³-hybridized carbons (Fsp3) is 0.571. The minimum Gasteiger partial charge on any atom is -0.327 e. The second-order valence-corrected chi connectivity index (χ2v) is 7.73. The van der Waals surface area contributed by atoms with Crippen LogP contribution in [0.2, 0.25) is 5.02 Å². The Balaban J connectivity index is 2.31. The lowest BCUT2D eigenvalue weighted by molar-refractivity contribution is 0.230. The molecule has 2 atom stereocenters. The Labute approximate surface area is 126 Å². The van der Waals surface area contributed by atoms with Crippen LogP contribution >= 0.6 is 11.6 Å². The number of piperidine rings is 1. The van der Waals surface area contributed by atoms with Crippen LogP contribution in [0.3, 0.4) is 0 Å². The molecule has 4 nitrogen and oxygen atoms in total. The second kappa shape index (κ2) is 6.02. The van der Waals surface area contributed by atoms with Crippen LogP contribution in [0.1, 0.15) is 25.3 Å². The molecule has 6 heteroatoms. The zero-order valence-corrected chi connectivity index (χ0v) is 13.4. The molecule has 1 aliphatic rings. The Bertz CT molecular complexity index is 589. The smallest absolute Gasteiger partial charge is 0.244 e. The Morgan fingerprint density at radius 3 is 2.75 bits per heavy atom. The standard InChI is InChI=1S/C14H21ClN2O2S/c1-3-11-9-17(7-6-13(11)16)20(18,19)14-5-4-10(2)8-12(14)15/h4-5,8,11,13H,3,6-7,9,16H2,1-2H3. The quantitative estimate of drug-likeness (QED) is 0.931. The Kier molecular flexibility index (Phi) is 4.74. The van der Waals surface area contributed by atoms with Gasteiger partial charge in [0, 0.05) is 19.1 Å². The van der Waals surface area contributed by atoms with Crippen molar-refractivity contribution in [2.24, 2.45) is 11.7 Å². The van der Waals surface area contributed by atoms with Gasteiger partial charge >= 0.3 is 0 Å². The highest BCUT2D eigenvalue weighted by Crippen LogP contribution is 2.29. The number of benzene rings is 1. The number of hydrogen-bond acceptors (Lipinski definition) is 3. The van der Waals surface area contributed by atoms with Gasteiger partial charge in [0.15, 0.2) is 0 Å². The third-order valence-corrected chi connectivity index (χ3v) is 6.33. The summed E-state index contributed by atoms with van der Waals surface area (Å²) < 4.78 is 26.9. The molecule has 1 fully saturated rings. The molecule has 0 saturated carbocycles. The van der Waals surface area contributed by atoms with E-state index in [1.807, 2.05) is 13.8 Å². The van der Waals surface area contributed by atoms with E-state index in [2.05, 4.69) is 0 Å². The van der Waals surface area contributed by atoms with Crippen molar-refractivity contribution in [3.63, 3.8) is 0 Å². The van der Waals surface area contributed by atoms with Gasteiger partial charge in [0.25, 0.3) is 0 Å². The van der Waals surface area contributed by atoms with Crippen molar-refractivity contribution < 1.29 is 8.42 Å². The van der Waals surface area contributed by atoms with Gasteiger partial charge in [-0.15, -0.1) is 0 Å². The summed E-state index contributed by atoms with van der Waals surface area (Å²) >= 11 is 6.10. The van der Waals surface area contributed by atoms with Crippen LogP contribution < -0.4 is 5.73 Å². The summed E-state index contributed by atoms with van der Waals surface area (Å²) in [6.45, 7) is 4.86. The first-order valence-corrected chi connectivity index (χ1v) is 8.70. The molecule has 0 amide bonds. The van der Waals surface area contributed by atoms with Crippen LogP contribution in [0, 0.1) is 12.8 Å². The molecule has 2 rings (SSSR count). The highest BCUT2D eigenvalue weighted by molar-refractivity contribution is 7.89. The lowest BCUT2D eigenvalue weighted by Crippen LogP contribution is -2.48. The highest BCUT2D eigenvalue weighted by Gasteiger charge is 2.34.